The summed E-state index contributed by atoms with van der Waals surface area (Å²) in [7, 11) is 0. The zero-order valence-electron chi connectivity index (χ0n) is 16.4. The molecule has 0 saturated carbocycles. The lowest BCUT2D eigenvalue weighted by molar-refractivity contribution is -0.147. The van der Waals surface area contributed by atoms with Gasteiger partial charge in [-0.25, -0.2) is 4.79 Å². The zero-order valence-corrected chi connectivity index (χ0v) is 17.2. The number of allylic oxidation sites excluding steroid dienone is 2. The molecule has 0 spiro atoms. The Morgan fingerprint density at radius 3 is 2.80 bits per heavy atom. The molecule has 2 heterocycles. The summed E-state index contributed by atoms with van der Waals surface area (Å²) in [6.07, 6.45) is 11.3. The van der Waals surface area contributed by atoms with Crippen molar-refractivity contribution in [3.8, 4) is 0 Å². The van der Waals surface area contributed by atoms with Gasteiger partial charge in [-0.3, -0.25) is 4.79 Å². The molecule has 0 radical (unpaired) electrons. The number of rotatable bonds is 2. The van der Waals surface area contributed by atoms with E-state index < -0.39 is 5.97 Å². The lowest BCUT2D eigenvalue weighted by Gasteiger charge is -2.30. The van der Waals surface area contributed by atoms with Crippen LogP contribution < -0.4 is 0 Å². The van der Waals surface area contributed by atoms with E-state index in [1.165, 1.54) is 21.9 Å². The van der Waals surface area contributed by atoms with E-state index >= 15 is 0 Å². The molecule has 2 aliphatic carbocycles. The molecule has 2 aromatic carbocycles. The average Bonchev–Trinajstić information content (AvgIpc) is 3.42. The molecule has 0 unspecified atom stereocenters. The molecule has 30 heavy (non-hydrogen) atoms. The Bertz CT molecular complexity index is 1170. The maximum atomic E-state index is 13.5. The fourth-order valence-electron chi connectivity index (χ4n) is 5.05. The summed E-state index contributed by atoms with van der Waals surface area (Å²) in [6.45, 7) is 0.631. The van der Waals surface area contributed by atoms with Crippen LogP contribution in [0.15, 0.2) is 66.3 Å². The summed E-state index contributed by atoms with van der Waals surface area (Å²) in [5, 5.41) is 2.50. The number of thioether (sulfide) groups is 1. The number of amides is 1. The third-order valence-electron chi connectivity index (χ3n) is 6.51. The first-order valence-electron chi connectivity index (χ1n) is 10.4. The second-order valence-electron chi connectivity index (χ2n) is 8.17. The second kappa shape index (κ2) is 6.88. The van der Waals surface area contributed by atoms with Crippen LogP contribution >= 0.6 is 11.8 Å². The number of carbonyl (C=O) groups excluding carboxylic acids is 2. The first-order valence-corrected chi connectivity index (χ1v) is 11.5. The molecule has 2 aromatic rings. The highest BCUT2D eigenvalue weighted by molar-refractivity contribution is 7.99. The van der Waals surface area contributed by atoms with E-state index in [0.717, 1.165) is 24.2 Å². The molecule has 3 atom stereocenters. The average molecular weight is 416 g/mol. The van der Waals surface area contributed by atoms with E-state index in [1.54, 1.807) is 17.8 Å². The number of esters is 1. The number of benzene rings is 2. The van der Waals surface area contributed by atoms with Crippen molar-refractivity contribution < 1.29 is 14.3 Å². The quantitative estimate of drug-likeness (QED) is 0.547. The van der Waals surface area contributed by atoms with Crippen LogP contribution in [0, 0.1) is 5.92 Å². The first-order chi connectivity index (χ1) is 14.7. The Kier molecular flexibility index (Phi) is 4.13. The second-order valence-corrected chi connectivity index (χ2v) is 9.36. The Morgan fingerprint density at radius 1 is 1.07 bits per heavy atom. The molecular weight excluding hydrogens is 394 g/mol. The van der Waals surface area contributed by atoms with Crippen LogP contribution in [0.1, 0.15) is 22.1 Å². The monoisotopic (exact) mass is 415 g/mol. The van der Waals surface area contributed by atoms with Crippen LogP contribution in [-0.2, 0) is 27.2 Å². The van der Waals surface area contributed by atoms with E-state index in [-0.39, 0.29) is 28.9 Å². The highest BCUT2D eigenvalue weighted by Crippen LogP contribution is 2.44. The predicted octanol–water partition coefficient (Wildman–Crippen LogP) is 4.11. The van der Waals surface area contributed by atoms with Crippen molar-refractivity contribution in [2.24, 2.45) is 5.92 Å². The van der Waals surface area contributed by atoms with Gasteiger partial charge in [0.2, 0.25) is 0 Å². The van der Waals surface area contributed by atoms with Crippen molar-refractivity contribution in [1.29, 1.82) is 0 Å². The number of carbonyl (C=O) groups is 2. The van der Waals surface area contributed by atoms with E-state index in [0.29, 0.717) is 6.54 Å². The molecule has 5 heteroatoms. The van der Waals surface area contributed by atoms with Gasteiger partial charge < -0.3 is 9.64 Å². The van der Waals surface area contributed by atoms with Crippen LogP contribution in [0.5, 0.6) is 0 Å². The van der Waals surface area contributed by atoms with Gasteiger partial charge in [0.05, 0.1) is 0 Å². The van der Waals surface area contributed by atoms with Gasteiger partial charge in [0.1, 0.15) is 17.1 Å². The molecule has 0 aromatic heterocycles. The maximum Gasteiger partial charge on any atom is 0.344 e. The summed E-state index contributed by atoms with van der Waals surface area (Å²) in [4.78, 5) is 27.9. The van der Waals surface area contributed by atoms with E-state index in [2.05, 4.69) is 30.3 Å². The van der Waals surface area contributed by atoms with Gasteiger partial charge in [-0.05, 0) is 46.4 Å². The minimum atomic E-state index is -0.516. The molecule has 4 aliphatic rings. The fraction of sp³-hybridized carbons (Fsp3) is 0.280. The number of nitrogens with zero attached hydrogens (tertiary/aromatic N) is 1. The van der Waals surface area contributed by atoms with Crippen LogP contribution in [0.25, 0.3) is 10.8 Å². The molecule has 150 valence electrons. The maximum absolute atomic E-state index is 13.5. The zero-order chi connectivity index (χ0) is 20.2. The molecule has 4 nitrogen and oxygen atoms in total. The largest absolute Gasteiger partial charge is 0.453 e. The van der Waals surface area contributed by atoms with Crippen molar-refractivity contribution in [2.75, 3.05) is 12.3 Å². The lowest BCUT2D eigenvalue weighted by atomic mass is 9.92. The molecular formula is C25H21NO3S. The molecule has 1 fully saturated rings. The van der Waals surface area contributed by atoms with Crippen molar-refractivity contribution in [3.05, 3.63) is 83.0 Å². The predicted molar refractivity (Wildman–Crippen MR) is 118 cm³/mol. The SMILES string of the molecule is O=C1O[C@H]2C=CC=C[C@@H]2C=C1C(=O)N1CCS[C@@H]1c1ccc2c3c(cccc13)CC2. The van der Waals surface area contributed by atoms with Crippen LogP contribution in [-0.4, -0.2) is 35.2 Å². The van der Waals surface area contributed by atoms with Crippen molar-refractivity contribution in [2.45, 2.75) is 24.3 Å². The summed E-state index contributed by atoms with van der Waals surface area (Å²) < 4.78 is 5.53. The van der Waals surface area contributed by atoms with E-state index in [4.69, 9.17) is 4.74 Å². The Hall–Kier alpha value is -2.79. The topological polar surface area (TPSA) is 46.6 Å². The van der Waals surface area contributed by atoms with Gasteiger partial charge in [-0.15, -0.1) is 11.8 Å². The Balaban J connectivity index is 1.37. The number of aryl methyl sites for hydroxylation is 2. The Labute approximate surface area is 179 Å². The number of hydrogen-bond acceptors (Lipinski definition) is 4. The highest BCUT2D eigenvalue weighted by atomic mass is 32.2. The van der Waals surface area contributed by atoms with Crippen molar-refractivity contribution in [3.63, 3.8) is 0 Å². The molecule has 1 amide bonds. The van der Waals surface area contributed by atoms with Crippen LogP contribution in [0.4, 0.5) is 0 Å². The smallest absolute Gasteiger partial charge is 0.344 e. The summed E-state index contributed by atoms with van der Waals surface area (Å²) in [5.41, 5.74) is 4.12. The van der Waals surface area contributed by atoms with Gasteiger partial charge >= 0.3 is 5.97 Å². The van der Waals surface area contributed by atoms with Gasteiger partial charge in [0.15, 0.2) is 0 Å². The van der Waals surface area contributed by atoms with Gasteiger partial charge in [0.25, 0.3) is 5.91 Å². The van der Waals surface area contributed by atoms with Crippen molar-refractivity contribution >= 4 is 34.4 Å². The number of hydrogen-bond donors (Lipinski definition) is 0. The molecule has 0 N–H and O–H groups in total. The normalized spacial score (nSPS) is 26.7. The van der Waals surface area contributed by atoms with Gasteiger partial charge in [-0.2, -0.15) is 0 Å². The summed E-state index contributed by atoms with van der Waals surface area (Å²) in [6, 6.07) is 10.9. The lowest BCUT2D eigenvalue weighted by Crippen LogP contribution is -2.39. The third-order valence-corrected chi connectivity index (χ3v) is 7.75. The fourth-order valence-corrected chi connectivity index (χ4v) is 6.34. The third kappa shape index (κ3) is 2.68. The highest BCUT2D eigenvalue weighted by Gasteiger charge is 2.39. The molecule has 6 rings (SSSR count). The summed E-state index contributed by atoms with van der Waals surface area (Å²) in [5.74, 6) is 0.0464. The molecule has 1 saturated heterocycles. The summed E-state index contributed by atoms with van der Waals surface area (Å²) >= 11 is 1.77. The standard InChI is InChI=1S/C25H21NO3S/c27-23(20-14-17-4-1-2-7-21(17)29-25(20)28)26-12-13-30-24(26)19-11-10-16-9-8-15-5-3-6-18(19)22(15)16/h1-7,10-11,14,17,21,24H,8-9,12-13H2/t17-,21+,24-/m1/s1. The van der Waals surface area contributed by atoms with Crippen LogP contribution in [0.2, 0.25) is 0 Å². The van der Waals surface area contributed by atoms with E-state index in [9.17, 15) is 9.59 Å². The minimum absolute atomic E-state index is 0.0721. The first kappa shape index (κ1) is 18.0. The number of ether oxygens (including phenoxy) is 1. The van der Waals surface area contributed by atoms with Crippen LogP contribution in [0.3, 0.4) is 0 Å². The van der Waals surface area contributed by atoms with Gasteiger partial charge in [0, 0.05) is 18.2 Å². The molecule has 0 bridgehead atoms. The van der Waals surface area contributed by atoms with Crippen molar-refractivity contribution in [1.82, 2.24) is 4.90 Å². The minimum Gasteiger partial charge on any atom is -0.453 e. The Morgan fingerprint density at radius 2 is 1.90 bits per heavy atom. The molecule has 2 aliphatic heterocycles. The number of fused-ring (bicyclic) bond motifs is 1. The van der Waals surface area contributed by atoms with E-state index in [1.807, 2.05) is 29.2 Å². The van der Waals surface area contributed by atoms with Gasteiger partial charge in [-0.1, -0.05) is 54.6 Å².